The smallest absolute Gasteiger partial charge is 0.246 e. The maximum atomic E-state index is 12.8. The molecule has 1 aliphatic heterocycles. The summed E-state index contributed by atoms with van der Waals surface area (Å²) in [5.41, 5.74) is 0.401. The third-order valence-corrected chi connectivity index (χ3v) is 5.29. The molecule has 23 heavy (non-hydrogen) atoms. The number of methoxy groups -OCH3 is 1. The minimum atomic E-state index is -3.71. The fourth-order valence-electron chi connectivity index (χ4n) is 2.25. The SMILES string of the molecule is CNCC(=O)Nc1ccc(OC)c(S(=O)(=O)N2CCOCC2)c1. The van der Waals surface area contributed by atoms with Crippen LogP contribution in [0.2, 0.25) is 0 Å². The summed E-state index contributed by atoms with van der Waals surface area (Å²) < 4.78 is 37.3. The van der Waals surface area contributed by atoms with Crippen LogP contribution in [0.4, 0.5) is 5.69 Å². The van der Waals surface area contributed by atoms with Gasteiger partial charge in [0, 0.05) is 18.8 Å². The summed E-state index contributed by atoms with van der Waals surface area (Å²) in [6, 6.07) is 4.55. The zero-order valence-electron chi connectivity index (χ0n) is 13.2. The van der Waals surface area contributed by atoms with Crippen LogP contribution in [0.1, 0.15) is 0 Å². The van der Waals surface area contributed by atoms with Gasteiger partial charge in [-0.15, -0.1) is 0 Å². The molecular weight excluding hydrogens is 322 g/mol. The van der Waals surface area contributed by atoms with Gasteiger partial charge in [-0.2, -0.15) is 4.31 Å². The Morgan fingerprint density at radius 1 is 1.35 bits per heavy atom. The summed E-state index contributed by atoms with van der Waals surface area (Å²) >= 11 is 0. The van der Waals surface area contributed by atoms with Gasteiger partial charge >= 0.3 is 0 Å². The molecular formula is C14H21N3O5S. The van der Waals surface area contributed by atoms with Crippen molar-refractivity contribution >= 4 is 21.6 Å². The molecule has 128 valence electrons. The molecule has 1 aromatic carbocycles. The van der Waals surface area contributed by atoms with Crippen LogP contribution >= 0.6 is 0 Å². The van der Waals surface area contributed by atoms with E-state index < -0.39 is 10.0 Å². The highest BCUT2D eigenvalue weighted by Crippen LogP contribution is 2.30. The molecule has 0 unspecified atom stereocenters. The first kappa shape index (κ1) is 17.7. The number of hydrogen-bond donors (Lipinski definition) is 2. The fraction of sp³-hybridized carbons (Fsp3) is 0.500. The van der Waals surface area contributed by atoms with Crippen molar-refractivity contribution in [1.82, 2.24) is 9.62 Å². The number of benzene rings is 1. The van der Waals surface area contributed by atoms with Crippen molar-refractivity contribution in [1.29, 1.82) is 0 Å². The van der Waals surface area contributed by atoms with Crippen LogP contribution in [-0.2, 0) is 19.6 Å². The largest absolute Gasteiger partial charge is 0.495 e. The lowest BCUT2D eigenvalue weighted by Crippen LogP contribution is -2.40. The number of likely N-dealkylation sites (N-methyl/N-ethyl adjacent to an activating group) is 1. The Balaban J connectivity index is 2.33. The molecule has 0 spiro atoms. The second-order valence-electron chi connectivity index (χ2n) is 4.96. The quantitative estimate of drug-likeness (QED) is 0.747. The number of anilines is 1. The molecule has 1 aliphatic rings. The van der Waals surface area contributed by atoms with Crippen molar-refractivity contribution in [2.24, 2.45) is 0 Å². The van der Waals surface area contributed by atoms with Crippen molar-refractivity contribution in [3.8, 4) is 5.75 Å². The first-order chi connectivity index (χ1) is 11.0. The normalized spacial score (nSPS) is 16.1. The maximum absolute atomic E-state index is 12.8. The number of nitrogens with zero attached hydrogens (tertiary/aromatic N) is 1. The number of ether oxygens (including phenoxy) is 2. The van der Waals surface area contributed by atoms with Crippen LogP contribution in [0, 0.1) is 0 Å². The highest BCUT2D eigenvalue weighted by Gasteiger charge is 2.29. The molecule has 0 atom stereocenters. The van der Waals surface area contributed by atoms with Crippen molar-refractivity contribution < 1.29 is 22.7 Å². The third kappa shape index (κ3) is 4.20. The molecule has 1 saturated heterocycles. The summed E-state index contributed by atoms with van der Waals surface area (Å²) in [4.78, 5) is 11.7. The number of sulfonamides is 1. The molecule has 0 aliphatic carbocycles. The lowest BCUT2D eigenvalue weighted by atomic mass is 10.3. The first-order valence-electron chi connectivity index (χ1n) is 7.19. The molecule has 2 N–H and O–H groups in total. The number of carbonyl (C=O) groups excluding carboxylic acids is 1. The highest BCUT2D eigenvalue weighted by molar-refractivity contribution is 7.89. The monoisotopic (exact) mass is 343 g/mol. The number of amides is 1. The van der Waals surface area contributed by atoms with Crippen molar-refractivity contribution in [3.05, 3.63) is 18.2 Å². The Labute approximate surface area is 135 Å². The Hall–Kier alpha value is -1.68. The lowest BCUT2D eigenvalue weighted by Gasteiger charge is -2.26. The van der Waals surface area contributed by atoms with Gasteiger partial charge in [0.05, 0.1) is 26.9 Å². The minimum Gasteiger partial charge on any atom is -0.495 e. The number of hydrogen-bond acceptors (Lipinski definition) is 6. The van der Waals surface area contributed by atoms with E-state index in [4.69, 9.17) is 9.47 Å². The predicted octanol–water partition coefficient (Wildman–Crippen LogP) is -0.126. The Morgan fingerprint density at radius 2 is 2.04 bits per heavy atom. The standard InChI is InChI=1S/C14H21N3O5S/c1-15-10-14(18)16-11-3-4-12(21-2)13(9-11)23(19,20)17-5-7-22-8-6-17/h3-4,9,15H,5-8,10H2,1-2H3,(H,16,18). The van der Waals surface area contributed by atoms with Gasteiger partial charge in [-0.3, -0.25) is 4.79 Å². The molecule has 0 radical (unpaired) electrons. The van der Waals surface area contributed by atoms with E-state index in [1.54, 1.807) is 13.1 Å². The summed E-state index contributed by atoms with van der Waals surface area (Å²) in [5, 5.41) is 5.37. The molecule has 0 aromatic heterocycles. The Bertz CT molecular complexity index is 656. The minimum absolute atomic E-state index is 0.0316. The second kappa shape index (κ2) is 7.73. The van der Waals surface area contributed by atoms with Crippen LogP contribution < -0.4 is 15.4 Å². The molecule has 8 nitrogen and oxygen atoms in total. The summed E-state index contributed by atoms with van der Waals surface area (Å²) in [6.07, 6.45) is 0. The van der Waals surface area contributed by atoms with Crippen molar-refractivity contribution in [2.75, 3.05) is 52.3 Å². The van der Waals surface area contributed by atoms with E-state index in [0.29, 0.717) is 32.0 Å². The summed E-state index contributed by atoms with van der Waals surface area (Å²) in [6.45, 7) is 1.45. The fourth-order valence-corrected chi connectivity index (χ4v) is 3.84. The van der Waals surface area contributed by atoms with E-state index in [9.17, 15) is 13.2 Å². The van der Waals surface area contributed by atoms with E-state index in [-0.39, 0.29) is 23.1 Å². The van der Waals surface area contributed by atoms with Crippen LogP contribution in [0.5, 0.6) is 5.75 Å². The summed E-state index contributed by atoms with van der Waals surface area (Å²) in [7, 11) is -0.650. The second-order valence-corrected chi connectivity index (χ2v) is 6.87. The van der Waals surface area contributed by atoms with E-state index in [1.807, 2.05) is 0 Å². The average molecular weight is 343 g/mol. The third-order valence-electron chi connectivity index (χ3n) is 3.37. The predicted molar refractivity (Wildman–Crippen MR) is 85.1 cm³/mol. The Kier molecular flexibility index (Phi) is 5.94. The molecule has 1 amide bonds. The number of carbonyl (C=O) groups is 1. The molecule has 0 saturated carbocycles. The van der Waals surface area contributed by atoms with Gasteiger partial charge in [0.1, 0.15) is 10.6 Å². The average Bonchev–Trinajstić information content (AvgIpc) is 2.56. The summed E-state index contributed by atoms with van der Waals surface area (Å²) in [5.74, 6) is -0.0181. The topological polar surface area (TPSA) is 97.0 Å². The van der Waals surface area contributed by atoms with Gasteiger partial charge in [0.25, 0.3) is 0 Å². The maximum Gasteiger partial charge on any atom is 0.246 e. The lowest BCUT2D eigenvalue weighted by molar-refractivity contribution is -0.115. The molecule has 0 bridgehead atoms. The van der Waals surface area contributed by atoms with Gasteiger partial charge in [0.15, 0.2) is 0 Å². The van der Waals surface area contributed by atoms with Crippen molar-refractivity contribution in [3.63, 3.8) is 0 Å². The number of morpholine rings is 1. The zero-order valence-corrected chi connectivity index (χ0v) is 14.0. The van der Waals surface area contributed by atoms with Gasteiger partial charge in [-0.25, -0.2) is 8.42 Å². The van der Waals surface area contributed by atoms with Crippen molar-refractivity contribution in [2.45, 2.75) is 4.90 Å². The molecule has 1 aromatic rings. The Morgan fingerprint density at radius 3 is 2.65 bits per heavy atom. The van der Waals surface area contributed by atoms with Crippen LogP contribution in [-0.4, -0.2) is 65.6 Å². The van der Waals surface area contributed by atoms with E-state index >= 15 is 0 Å². The highest BCUT2D eigenvalue weighted by atomic mass is 32.2. The van der Waals surface area contributed by atoms with E-state index in [0.717, 1.165) is 0 Å². The van der Waals surface area contributed by atoms with Gasteiger partial charge in [-0.1, -0.05) is 0 Å². The molecule has 9 heteroatoms. The molecule has 2 rings (SSSR count). The first-order valence-corrected chi connectivity index (χ1v) is 8.63. The van der Waals surface area contributed by atoms with Gasteiger partial charge < -0.3 is 20.1 Å². The number of rotatable bonds is 6. The van der Waals surface area contributed by atoms with Crippen LogP contribution in [0.3, 0.4) is 0 Å². The molecule has 1 fully saturated rings. The van der Waals surface area contributed by atoms with E-state index in [1.165, 1.54) is 23.5 Å². The van der Waals surface area contributed by atoms with E-state index in [2.05, 4.69) is 10.6 Å². The number of nitrogens with one attached hydrogen (secondary N) is 2. The van der Waals surface area contributed by atoms with Crippen LogP contribution in [0.25, 0.3) is 0 Å². The van der Waals surface area contributed by atoms with Gasteiger partial charge in [0.2, 0.25) is 15.9 Å². The van der Waals surface area contributed by atoms with Crippen LogP contribution in [0.15, 0.2) is 23.1 Å². The van der Waals surface area contributed by atoms with Gasteiger partial charge in [-0.05, 0) is 25.2 Å². The molecule has 1 heterocycles. The zero-order chi connectivity index (χ0) is 16.9.